The Morgan fingerprint density at radius 2 is 1.62 bits per heavy atom. The summed E-state index contributed by atoms with van der Waals surface area (Å²) in [5, 5.41) is 11.8. The van der Waals surface area contributed by atoms with E-state index in [1.54, 1.807) is 0 Å². The van der Waals surface area contributed by atoms with Crippen molar-refractivity contribution in [3.63, 3.8) is 0 Å². The lowest BCUT2D eigenvalue weighted by atomic mass is 9.83. The van der Waals surface area contributed by atoms with Gasteiger partial charge in [0.25, 0.3) is 0 Å². The molecule has 2 N–H and O–H groups in total. The van der Waals surface area contributed by atoms with Crippen LogP contribution in [0.1, 0.15) is 16.4 Å². The highest BCUT2D eigenvalue weighted by molar-refractivity contribution is 9.10. The highest BCUT2D eigenvalue weighted by Crippen LogP contribution is 2.53. The summed E-state index contributed by atoms with van der Waals surface area (Å²) in [6.45, 7) is -0.299. The molecule has 1 aromatic heterocycles. The number of carbonyl (C=O) groups is 3. The zero-order chi connectivity index (χ0) is 28.1. The van der Waals surface area contributed by atoms with Gasteiger partial charge in [-0.15, -0.1) is 0 Å². The van der Waals surface area contributed by atoms with Crippen LogP contribution in [0.3, 0.4) is 0 Å². The number of hydrogen-bond donors (Lipinski definition) is 2. The Labute approximate surface area is 243 Å². The van der Waals surface area contributed by atoms with E-state index in [0.717, 1.165) is 38.0 Å². The molecule has 0 spiro atoms. The number of phenols is 1. The van der Waals surface area contributed by atoms with E-state index < -0.39 is 40.6 Å². The molecule has 3 heterocycles. The van der Waals surface area contributed by atoms with Crippen LogP contribution in [0.25, 0.3) is 0 Å². The van der Waals surface area contributed by atoms with Gasteiger partial charge in [-0.25, -0.2) is 9.29 Å². The van der Waals surface area contributed by atoms with Gasteiger partial charge in [0.2, 0.25) is 17.7 Å². The number of aromatic hydroxyl groups is 1. The van der Waals surface area contributed by atoms with Crippen LogP contribution in [0.5, 0.6) is 5.75 Å². The van der Waals surface area contributed by atoms with Crippen molar-refractivity contribution in [1.29, 1.82) is 0 Å². The summed E-state index contributed by atoms with van der Waals surface area (Å²) in [6.07, 6.45) is 0. The Morgan fingerprint density at radius 3 is 2.30 bits per heavy atom. The average Bonchev–Trinajstić information content (AvgIpc) is 3.37. The van der Waals surface area contributed by atoms with Gasteiger partial charge in [0.1, 0.15) is 23.4 Å². The minimum Gasteiger partial charge on any atom is -0.508 e. The van der Waals surface area contributed by atoms with Crippen LogP contribution in [-0.2, 0) is 20.9 Å². The fourth-order valence-electron chi connectivity index (χ4n) is 5.02. The van der Waals surface area contributed by atoms with Gasteiger partial charge in [0, 0.05) is 21.0 Å². The molecule has 6 rings (SSSR count). The first-order valence-electron chi connectivity index (χ1n) is 12.1. The topological polar surface area (TPSA) is 109 Å². The molecule has 2 aliphatic heterocycles. The summed E-state index contributed by atoms with van der Waals surface area (Å²) in [5.74, 6) is -3.18. The first-order valence-corrected chi connectivity index (χ1v) is 14.6. The summed E-state index contributed by atoms with van der Waals surface area (Å²) in [6, 6.07) is 18.4. The van der Waals surface area contributed by atoms with Gasteiger partial charge in [-0.1, -0.05) is 51.2 Å². The molecular weight excluding hydrogens is 621 g/mol. The number of rotatable bonds is 5. The highest BCUT2D eigenvalue weighted by Gasteiger charge is 2.56. The van der Waals surface area contributed by atoms with E-state index in [9.17, 15) is 28.7 Å². The molecular formula is C28H19BrFN3O5S2. The van der Waals surface area contributed by atoms with Crippen molar-refractivity contribution in [2.75, 3.05) is 10.2 Å². The number of nitrogens with one attached hydrogen (secondary N) is 1. The van der Waals surface area contributed by atoms with Crippen LogP contribution in [0.2, 0.25) is 0 Å². The zero-order valence-electron chi connectivity index (χ0n) is 20.4. The molecule has 1 fully saturated rings. The first kappa shape index (κ1) is 26.5. The van der Waals surface area contributed by atoms with E-state index in [1.165, 1.54) is 53.1 Å². The Kier molecular flexibility index (Phi) is 6.85. The molecule has 0 bridgehead atoms. The van der Waals surface area contributed by atoms with Crippen molar-refractivity contribution in [2.45, 2.75) is 22.7 Å². The van der Waals surface area contributed by atoms with Gasteiger partial charge in [-0.05, 0) is 66.2 Å². The van der Waals surface area contributed by atoms with Crippen molar-refractivity contribution in [1.82, 2.24) is 4.57 Å². The third-order valence-corrected chi connectivity index (χ3v) is 9.95. The number of fused-ring (bicyclic) bond motifs is 2. The first-order chi connectivity index (χ1) is 19.2. The number of thioether (sulfide) groups is 1. The lowest BCUT2D eigenvalue weighted by molar-refractivity contribution is -0.122. The highest BCUT2D eigenvalue weighted by atomic mass is 79.9. The number of phenolic OH excluding ortho intramolecular Hbond substituents is 1. The smallest absolute Gasteiger partial charge is 0.308 e. The summed E-state index contributed by atoms with van der Waals surface area (Å²) in [7, 11) is 0. The molecule has 4 aromatic rings. The number of hydrogen-bond acceptors (Lipinski definition) is 7. The number of amides is 3. The minimum atomic E-state index is -0.848. The molecule has 0 aliphatic carbocycles. The van der Waals surface area contributed by atoms with Gasteiger partial charge in [-0.3, -0.25) is 23.7 Å². The molecule has 12 heteroatoms. The van der Waals surface area contributed by atoms with Crippen LogP contribution in [0.15, 0.2) is 87.1 Å². The standard InChI is InChI=1S/C28H19BrFN3O5S2/c29-15-3-1-14(2-4-15)21-22-23(26(37)33(25(22)36)18-9-5-16(30)6-10-18)39-27-24(21)40-28(38)32(27)13-20(35)31-17-7-11-19(34)12-8-17/h1-12,21-23,34H,13H2,(H,31,35)/t21-,22-,23+/m0/s1. The summed E-state index contributed by atoms with van der Waals surface area (Å²) in [4.78, 5) is 54.9. The van der Waals surface area contributed by atoms with Crippen LogP contribution in [0.4, 0.5) is 15.8 Å². The number of nitrogens with zero attached hydrogens (tertiary/aromatic N) is 2. The Balaban J connectivity index is 1.40. The number of benzene rings is 3. The quantitative estimate of drug-likeness (QED) is 0.236. The van der Waals surface area contributed by atoms with E-state index in [2.05, 4.69) is 21.2 Å². The lowest BCUT2D eigenvalue weighted by Gasteiger charge is -2.30. The number of imide groups is 1. The Bertz CT molecular complexity index is 1700. The molecule has 40 heavy (non-hydrogen) atoms. The number of carbonyl (C=O) groups excluding carboxylic acids is 3. The van der Waals surface area contributed by atoms with Crippen molar-refractivity contribution < 1.29 is 23.9 Å². The van der Waals surface area contributed by atoms with E-state index in [1.807, 2.05) is 24.3 Å². The Hall–Kier alpha value is -3.74. The van der Waals surface area contributed by atoms with Gasteiger partial charge < -0.3 is 10.4 Å². The third-order valence-electron chi connectivity index (χ3n) is 6.82. The maximum absolute atomic E-state index is 13.8. The number of aromatic nitrogens is 1. The van der Waals surface area contributed by atoms with E-state index in [-0.39, 0.29) is 22.9 Å². The van der Waals surface area contributed by atoms with E-state index in [4.69, 9.17) is 0 Å². The van der Waals surface area contributed by atoms with Crippen molar-refractivity contribution in [3.05, 3.63) is 103 Å². The summed E-state index contributed by atoms with van der Waals surface area (Å²) >= 11 is 5.49. The minimum absolute atomic E-state index is 0.0523. The second-order valence-corrected chi connectivity index (χ2v) is 12.3. The molecule has 2 aliphatic rings. The molecule has 0 unspecified atom stereocenters. The fraction of sp³-hybridized carbons (Fsp3) is 0.143. The second-order valence-electron chi connectivity index (χ2n) is 9.30. The van der Waals surface area contributed by atoms with Crippen LogP contribution < -0.4 is 15.1 Å². The van der Waals surface area contributed by atoms with Gasteiger partial charge >= 0.3 is 4.87 Å². The monoisotopic (exact) mass is 639 g/mol. The predicted molar refractivity (Wildman–Crippen MR) is 153 cm³/mol. The van der Waals surface area contributed by atoms with E-state index >= 15 is 0 Å². The molecule has 202 valence electrons. The predicted octanol–water partition coefficient (Wildman–Crippen LogP) is 4.95. The molecule has 8 nitrogen and oxygen atoms in total. The largest absolute Gasteiger partial charge is 0.508 e. The molecule has 1 saturated heterocycles. The Morgan fingerprint density at radius 1 is 0.950 bits per heavy atom. The average molecular weight is 641 g/mol. The molecule has 3 atom stereocenters. The van der Waals surface area contributed by atoms with Crippen molar-refractivity contribution >= 4 is 68.1 Å². The van der Waals surface area contributed by atoms with Gasteiger partial charge in [0.15, 0.2) is 0 Å². The fourth-order valence-corrected chi connectivity index (χ4v) is 8.06. The van der Waals surface area contributed by atoms with Crippen molar-refractivity contribution in [2.24, 2.45) is 5.92 Å². The molecule has 0 radical (unpaired) electrons. The third kappa shape index (κ3) is 4.65. The molecule has 0 saturated carbocycles. The zero-order valence-corrected chi connectivity index (χ0v) is 23.6. The van der Waals surface area contributed by atoms with Gasteiger partial charge in [0.05, 0.1) is 16.6 Å². The summed E-state index contributed by atoms with van der Waals surface area (Å²) < 4.78 is 15.8. The van der Waals surface area contributed by atoms with Crippen molar-refractivity contribution in [3.8, 4) is 5.75 Å². The summed E-state index contributed by atoms with van der Waals surface area (Å²) in [5.41, 5.74) is 1.48. The van der Waals surface area contributed by atoms with E-state index in [0.29, 0.717) is 15.6 Å². The lowest BCUT2D eigenvalue weighted by Crippen LogP contribution is -2.33. The molecule has 3 aromatic carbocycles. The maximum Gasteiger partial charge on any atom is 0.308 e. The number of anilines is 2. The van der Waals surface area contributed by atoms with Gasteiger partial charge in [-0.2, -0.15) is 0 Å². The maximum atomic E-state index is 13.8. The van der Waals surface area contributed by atoms with Crippen LogP contribution >= 0.6 is 39.0 Å². The number of thiazole rings is 1. The van der Waals surface area contributed by atoms with Crippen LogP contribution in [-0.4, -0.2) is 32.6 Å². The number of halogens is 2. The second kappa shape index (κ2) is 10.3. The molecule has 3 amide bonds. The SMILES string of the molecule is O=C(Cn1c2c(sc1=O)[C@@H](c1ccc(Br)cc1)[C@@H]1C(=O)N(c3ccc(F)cc3)C(=O)[C@@H]1S2)Nc1ccc(O)cc1. The normalized spacial score (nSPS) is 19.9. The van der Waals surface area contributed by atoms with Crippen LogP contribution in [0, 0.1) is 11.7 Å².